The molecule has 282 valence electrons. The second kappa shape index (κ2) is 14.7. The molecule has 3 aromatic heterocycles. The molecule has 0 saturated carbocycles. The Bertz CT molecular complexity index is 2160. The van der Waals surface area contributed by atoms with Crippen molar-refractivity contribution in [3.63, 3.8) is 0 Å². The summed E-state index contributed by atoms with van der Waals surface area (Å²) in [5.41, 5.74) is -2.09. The predicted octanol–water partition coefficient (Wildman–Crippen LogP) is 6.51. The SMILES string of the molecule is Cc1cc(/C=C/C(=O)N2CCN(c3nc(OC[C@@]45CCCN4C[C@H](F)C5)nc4c(F)c(-c5cccc(Cl)c5C(F)(F)F)ncc34)C[C@@H]2CC#N)nc(C)n1. The summed E-state index contributed by atoms with van der Waals surface area (Å²) in [5.74, 6) is -0.784. The molecule has 17 heteroatoms. The number of hydrogen-bond acceptors (Lipinski definition) is 10. The number of aromatic nitrogens is 5. The van der Waals surface area contributed by atoms with Crippen molar-refractivity contribution in [2.75, 3.05) is 44.2 Å². The number of pyridine rings is 1. The van der Waals surface area contributed by atoms with E-state index in [0.29, 0.717) is 24.5 Å². The summed E-state index contributed by atoms with van der Waals surface area (Å²) < 4.78 is 79.8. The summed E-state index contributed by atoms with van der Waals surface area (Å²) in [6, 6.07) is 6.41. The van der Waals surface area contributed by atoms with Crippen LogP contribution in [0.25, 0.3) is 28.2 Å². The molecular formula is C37H35ClF5N9O2. The molecule has 0 aliphatic carbocycles. The van der Waals surface area contributed by atoms with Gasteiger partial charge in [-0.05, 0) is 51.4 Å². The Morgan fingerprint density at radius 1 is 1.15 bits per heavy atom. The normalized spacial score (nSPS) is 21.9. The number of nitrogens with zero attached hydrogens (tertiary/aromatic N) is 9. The molecule has 0 bridgehead atoms. The summed E-state index contributed by atoms with van der Waals surface area (Å²) in [5, 5.41) is 9.19. The van der Waals surface area contributed by atoms with Crippen LogP contribution in [0, 0.1) is 31.0 Å². The van der Waals surface area contributed by atoms with Crippen LogP contribution in [0.15, 0.2) is 36.5 Å². The van der Waals surface area contributed by atoms with Gasteiger partial charge < -0.3 is 14.5 Å². The number of amides is 1. The smallest absolute Gasteiger partial charge is 0.418 e. The van der Waals surface area contributed by atoms with E-state index in [4.69, 9.17) is 16.3 Å². The first kappa shape index (κ1) is 37.3. The van der Waals surface area contributed by atoms with Gasteiger partial charge in [0.2, 0.25) is 5.91 Å². The van der Waals surface area contributed by atoms with Crippen molar-refractivity contribution in [3.05, 3.63) is 70.2 Å². The summed E-state index contributed by atoms with van der Waals surface area (Å²) in [4.78, 5) is 40.5. The highest BCUT2D eigenvalue weighted by Crippen LogP contribution is 2.44. The Morgan fingerprint density at radius 3 is 2.72 bits per heavy atom. The molecule has 6 heterocycles. The van der Waals surface area contributed by atoms with Gasteiger partial charge in [0.05, 0.1) is 45.7 Å². The molecule has 3 aliphatic heterocycles. The number of halogens is 6. The minimum atomic E-state index is -4.92. The monoisotopic (exact) mass is 767 g/mol. The molecule has 7 rings (SSSR count). The van der Waals surface area contributed by atoms with E-state index >= 15 is 4.39 Å². The van der Waals surface area contributed by atoms with Gasteiger partial charge in [0.1, 0.15) is 35.6 Å². The lowest BCUT2D eigenvalue weighted by Crippen LogP contribution is -2.55. The van der Waals surface area contributed by atoms with Gasteiger partial charge in [-0.1, -0.05) is 23.7 Å². The van der Waals surface area contributed by atoms with Crippen LogP contribution in [-0.2, 0) is 11.0 Å². The van der Waals surface area contributed by atoms with Crippen molar-refractivity contribution in [1.29, 1.82) is 5.26 Å². The molecule has 3 atom stereocenters. The van der Waals surface area contributed by atoms with Gasteiger partial charge in [-0.3, -0.25) is 14.7 Å². The molecule has 1 amide bonds. The van der Waals surface area contributed by atoms with Gasteiger partial charge in [-0.25, -0.2) is 18.7 Å². The highest BCUT2D eigenvalue weighted by Gasteiger charge is 2.49. The fraction of sp³-hybridized carbons (Fsp3) is 0.432. The van der Waals surface area contributed by atoms with Crippen molar-refractivity contribution < 1.29 is 31.5 Å². The number of carbonyl (C=O) groups is 1. The average Bonchev–Trinajstić information content (AvgIpc) is 3.64. The number of fused-ring (bicyclic) bond motifs is 2. The van der Waals surface area contributed by atoms with E-state index < -0.39 is 51.6 Å². The number of benzene rings is 1. The van der Waals surface area contributed by atoms with E-state index in [1.54, 1.807) is 28.9 Å². The van der Waals surface area contributed by atoms with E-state index in [1.807, 2.05) is 11.8 Å². The van der Waals surface area contributed by atoms with Crippen LogP contribution in [0.1, 0.15) is 48.5 Å². The predicted molar refractivity (Wildman–Crippen MR) is 190 cm³/mol. The van der Waals surface area contributed by atoms with Crippen LogP contribution in [0.4, 0.5) is 27.8 Å². The minimum Gasteiger partial charge on any atom is -0.461 e. The van der Waals surface area contributed by atoms with Gasteiger partial charge in [0.15, 0.2) is 5.82 Å². The number of piperazine rings is 1. The molecule has 54 heavy (non-hydrogen) atoms. The summed E-state index contributed by atoms with van der Waals surface area (Å²) in [6.45, 7) is 5.00. The van der Waals surface area contributed by atoms with Crippen molar-refractivity contribution in [2.24, 2.45) is 0 Å². The third-order valence-corrected chi connectivity index (χ3v) is 10.5. The van der Waals surface area contributed by atoms with Gasteiger partial charge in [0, 0.05) is 56.1 Å². The quantitative estimate of drug-likeness (QED) is 0.145. The molecule has 11 nitrogen and oxygen atoms in total. The van der Waals surface area contributed by atoms with E-state index in [-0.39, 0.29) is 74.3 Å². The minimum absolute atomic E-state index is 0.0154. The maximum atomic E-state index is 16.6. The summed E-state index contributed by atoms with van der Waals surface area (Å²) in [6.07, 6.45) is -0.0460. The number of alkyl halides is 4. The lowest BCUT2D eigenvalue weighted by atomic mass is 9.95. The van der Waals surface area contributed by atoms with Crippen molar-refractivity contribution in [2.45, 2.75) is 63.5 Å². The highest BCUT2D eigenvalue weighted by atomic mass is 35.5. The van der Waals surface area contributed by atoms with Gasteiger partial charge in [0.25, 0.3) is 0 Å². The molecular weight excluding hydrogens is 733 g/mol. The first-order chi connectivity index (χ1) is 25.8. The second-order valence-electron chi connectivity index (χ2n) is 13.8. The highest BCUT2D eigenvalue weighted by molar-refractivity contribution is 6.31. The number of nitriles is 1. The van der Waals surface area contributed by atoms with Crippen molar-refractivity contribution >= 4 is 40.3 Å². The molecule has 0 spiro atoms. The molecule has 0 N–H and O–H groups in total. The van der Waals surface area contributed by atoms with Crippen LogP contribution in [0.2, 0.25) is 5.02 Å². The van der Waals surface area contributed by atoms with Crippen LogP contribution >= 0.6 is 11.6 Å². The Kier molecular flexibility index (Phi) is 10.1. The molecule has 0 radical (unpaired) electrons. The van der Waals surface area contributed by atoms with E-state index in [2.05, 4.69) is 31.0 Å². The van der Waals surface area contributed by atoms with Crippen LogP contribution < -0.4 is 9.64 Å². The standard InChI is InChI=1S/C37H35ClF5N9O2/c1-21-15-24(47-22(2)46-21)7-8-29(53)52-14-13-50(19-25(52)9-11-44)34-27-17-45-32(26-5-3-6-28(38)30(26)37(41,42)43)31(40)33(27)48-35(49-34)54-20-36-10-4-12-51(36)18-23(39)16-36/h3,5-8,15,17,23,25H,4,9-10,12-14,16,18-20H2,1-2H3/b8-7+/t23-,25+,36+/m1/s1. The molecule has 1 aromatic carbocycles. The summed E-state index contributed by atoms with van der Waals surface area (Å²) >= 11 is 5.97. The second-order valence-corrected chi connectivity index (χ2v) is 14.3. The van der Waals surface area contributed by atoms with Crippen LogP contribution in [-0.4, -0.2) is 97.7 Å². The lowest BCUT2D eigenvalue weighted by molar-refractivity contribution is -0.137. The first-order valence-electron chi connectivity index (χ1n) is 17.4. The Hall–Kier alpha value is -5.01. The third-order valence-electron chi connectivity index (χ3n) is 10.2. The molecule has 0 unspecified atom stereocenters. The Morgan fingerprint density at radius 2 is 1.96 bits per heavy atom. The van der Waals surface area contributed by atoms with E-state index in [1.165, 1.54) is 18.3 Å². The topological polar surface area (TPSA) is 124 Å². The maximum absolute atomic E-state index is 16.6. The lowest BCUT2D eigenvalue weighted by Gasteiger charge is -2.41. The number of hydrogen-bond donors (Lipinski definition) is 0. The van der Waals surface area contributed by atoms with Crippen LogP contribution in [0.5, 0.6) is 6.01 Å². The van der Waals surface area contributed by atoms with Gasteiger partial charge in [-0.15, -0.1) is 0 Å². The van der Waals surface area contributed by atoms with Crippen LogP contribution in [0.3, 0.4) is 0 Å². The zero-order chi connectivity index (χ0) is 38.4. The number of anilines is 1. The fourth-order valence-corrected chi connectivity index (χ4v) is 8.16. The third kappa shape index (κ3) is 7.26. The van der Waals surface area contributed by atoms with E-state index in [9.17, 15) is 27.6 Å². The van der Waals surface area contributed by atoms with Crippen molar-refractivity contribution in [1.82, 2.24) is 34.7 Å². The number of carbonyl (C=O) groups excluding carboxylic acids is 1. The summed E-state index contributed by atoms with van der Waals surface area (Å²) in [7, 11) is 0. The average molecular weight is 768 g/mol. The molecule has 4 aromatic rings. The maximum Gasteiger partial charge on any atom is 0.418 e. The number of aryl methyl sites for hydroxylation is 2. The molecule has 3 aliphatic rings. The number of ether oxygens (including phenoxy) is 1. The molecule has 3 saturated heterocycles. The first-order valence-corrected chi connectivity index (χ1v) is 17.8. The van der Waals surface area contributed by atoms with E-state index in [0.717, 1.165) is 24.2 Å². The largest absolute Gasteiger partial charge is 0.461 e. The van der Waals surface area contributed by atoms with Gasteiger partial charge >= 0.3 is 12.2 Å². The Labute approximate surface area is 312 Å². The Balaban J connectivity index is 1.26. The fourth-order valence-electron chi connectivity index (χ4n) is 7.87. The van der Waals surface area contributed by atoms with Gasteiger partial charge in [-0.2, -0.15) is 28.4 Å². The number of rotatable bonds is 8. The zero-order valence-corrected chi connectivity index (χ0v) is 30.1. The zero-order valence-electron chi connectivity index (χ0n) is 29.4. The van der Waals surface area contributed by atoms with Crippen molar-refractivity contribution in [3.8, 4) is 23.3 Å². The molecule has 3 fully saturated rings.